The quantitative estimate of drug-likeness (QED) is 0.879. The van der Waals surface area contributed by atoms with Crippen LogP contribution >= 0.6 is 11.6 Å². The van der Waals surface area contributed by atoms with E-state index >= 15 is 0 Å². The van der Waals surface area contributed by atoms with Gasteiger partial charge in [0.15, 0.2) is 0 Å². The molecule has 0 saturated carbocycles. The van der Waals surface area contributed by atoms with Gasteiger partial charge < -0.3 is 14.5 Å². The molecule has 1 aliphatic rings. The lowest BCUT2D eigenvalue weighted by atomic mass is 10.2. The molecule has 1 fully saturated rings. The van der Waals surface area contributed by atoms with E-state index in [1.807, 2.05) is 28.9 Å². The molecule has 0 aromatic carbocycles. The van der Waals surface area contributed by atoms with Crippen LogP contribution in [0.25, 0.3) is 5.65 Å². The van der Waals surface area contributed by atoms with Crippen LogP contribution in [-0.4, -0.2) is 28.6 Å². The topological polar surface area (TPSA) is 38.6 Å². The van der Waals surface area contributed by atoms with E-state index in [0.717, 1.165) is 36.1 Å². The van der Waals surface area contributed by atoms with Crippen LogP contribution in [0.5, 0.6) is 0 Å². The van der Waals surface area contributed by atoms with E-state index in [0.29, 0.717) is 6.04 Å². The van der Waals surface area contributed by atoms with Gasteiger partial charge in [-0.25, -0.2) is 4.98 Å². The van der Waals surface area contributed by atoms with Crippen molar-refractivity contribution in [2.45, 2.75) is 12.6 Å². The molecule has 0 unspecified atom stereocenters. The number of aromatic nitrogens is 2. The number of fused-ring (bicyclic) bond motifs is 1. The summed E-state index contributed by atoms with van der Waals surface area (Å²) in [6.45, 7) is 2.38. The van der Waals surface area contributed by atoms with Crippen molar-refractivity contribution < 1.29 is 4.74 Å². The zero-order valence-corrected chi connectivity index (χ0v) is 9.44. The van der Waals surface area contributed by atoms with Crippen LogP contribution in [-0.2, 0) is 11.3 Å². The third kappa shape index (κ3) is 1.91. The van der Waals surface area contributed by atoms with Gasteiger partial charge in [-0.2, -0.15) is 0 Å². The first-order valence-electron chi connectivity index (χ1n) is 5.25. The molecule has 4 nitrogen and oxygen atoms in total. The van der Waals surface area contributed by atoms with Gasteiger partial charge in [-0.05, 0) is 12.1 Å². The van der Waals surface area contributed by atoms with Gasteiger partial charge in [-0.1, -0.05) is 11.6 Å². The number of hydrogen-bond acceptors (Lipinski definition) is 3. The van der Waals surface area contributed by atoms with Gasteiger partial charge in [0.2, 0.25) is 0 Å². The number of pyridine rings is 1. The van der Waals surface area contributed by atoms with Crippen molar-refractivity contribution in [3.8, 4) is 0 Å². The van der Waals surface area contributed by atoms with Gasteiger partial charge in [0, 0.05) is 18.9 Å². The predicted octanol–water partition coefficient (Wildman–Crippen LogP) is 1.48. The fraction of sp³-hybridized carbons (Fsp3) is 0.364. The summed E-state index contributed by atoms with van der Waals surface area (Å²) in [6.07, 6.45) is 3.85. The summed E-state index contributed by atoms with van der Waals surface area (Å²) in [7, 11) is 0. The standard InChI is InChI=1S/C11H12ClN3O/c12-8-1-2-11-14-9(5-15(11)4-8)3-13-10-6-16-7-10/h1-2,4-5,10,13H,3,6-7H2. The summed E-state index contributed by atoms with van der Waals surface area (Å²) in [5, 5.41) is 4.10. The summed E-state index contributed by atoms with van der Waals surface area (Å²) in [5.41, 5.74) is 1.94. The van der Waals surface area contributed by atoms with Crippen molar-refractivity contribution in [1.82, 2.24) is 14.7 Å². The van der Waals surface area contributed by atoms with Gasteiger partial charge >= 0.3 is 0 Å². The van der Waals surface area contributed by atoms with Crippen LogP contribution in [0.1, 0.15) is 5.69 Å². The average Bonchev–Trinajstić information content (AvgIpc) is 2.57. The van der Waals surface area contributed by atoms with Crippen molar-refractivity contribution in [2.24, 2.45) is 0 Å². The summed E-state index contributed by atoms with van der Waals surface area (Å²) >= 11 is 5.91. The number of ether oxygens (including phenoxy) is 1. The highest BCUT2D eigenvalue weighted by molar-refractivity contribution is 6.30. The lowest BCUT2D eigenvalue weighted by Gasteiger charge is -2.26. The van der Waals surface area contributed by atoms with Crippen LogP contribution in [0.2, 0.25) is 5.02 Å². The summed E-state index contributed by atoms with van der Waals surface area (Å²) < 4.78 is 7.03. The molecule has 3 rings (SSSR count). The zero-order chi connectivity index (χ0) is 11.0. The molecule has 3 heterocycles. The molecular weight excluding hydrogens is 226 g/mol. The number of rotatable bonds is 3. The minimum atomic E-state index is 0.480. The Kier molecular flexibility index (Phi) is 2.55. The highest BCUT2D eigenvalue weighted by Gasteiger charge is 2.17. The second kappa shape index (κ2) is 4.05. The van der Waals surface area contributed by atoms with Crippen molar-refractivity contribution in [2.75, 3.05) is 13.2 Å². The highest BCUT2D eigenvalue weighted by Crippen LogP contribution is 2.12. The fourth-order valence-corrected chi connectivity index (χ4v) is 1.87. The van der Waals surface area contributed by atoms with Gasteiger partial charge in [-0.3, -0.25) is 0 Å². The molecule has 0 radical (unpaired) electrons. The maximum absolute atomic E-state index is 5.91. The molecule has 5 heteroatoms. The third-order valence-electron chi connectivity index (χ3n) is 2.67. The molecule has 2 aromatic heterocycles. The Balaban J connectivity index is 1.76. The molecule has 84 valence electrons. The Morgan fingerprint density at radius 2 is 2.31 bits per heavy atom. The molecular formula is C11H12ClN3O. The Labute approximate surface area is 98.2 Å². The maximum atomic E-state index is 5.91. The predicted molar refractivity (Wildman–Crippen MR) is 61.6 cm³/mol. The van der Waals surface area contributed by atoms with E-state index in [4.69, 9.17) is 16.3 Å². The molecule has 16 heavy (non-hydrogen) atoms. The van der Waals surface area contributed by atoms with Gasteiger partial charge in [0.05, 0.1) is 30.0 Å². The minimum absolute atomic E-state index is 0.480. The van der Waals surface area contributed by atoms with Gasteiger partial charge in [-0.15, -0.1) is 0 Å². The molecule has 2 aromatic rings. The summed E-state index contributed by atoms with van der Waals surface area (Å²) in [6, 6.07) is 4.24. The fourth-order valence-electron chi connectivity index (χ4n) is 1.70. The van der Waals surface area contributed by atoms with Crippen molar-refractivity contribution >= 4 is 17.2 Å². The molecule has 0 bridgehead atoms. The first-order valence-corrected chi connectivity index (χ1v) is 5.63. The Bertz CT molecular complexity index is 507. The number of hydrogen-bond donors (Lipinski definition) is 1. The third-order valence-corrected chi connectivity index (χ3v) is 2.90. The summed E-state index contributed by atoms with van der Waals surface area (Å²) in [5.74, 6) is 0. The lowest BCUT2D eigenvalue weighted by Crippen LogP contribution is -2.45. The molecule has 1 aliphatic heterocycles. The molecule has 0 spiro atoms. The Morgan fingerprint density at radius 1 is 1.44 bits per heavy atom. The molecule has 0 aliphatic carbocycles. The number of halogens is 1. The van der Waals surface area contributed by atoms with E-state index in [-0.39, 0.29) is 0 Å². The van der Waals surface area contributed by atoms with Crippen molar-refractivity contribution in [3.05, 3.63) is 35.2 Å². The summed E-state index contributed by atoms with van der Waals surface area (Å²) in [4.78, 5) is 4.49. The van der Waals surface area contributed by atoms with Crippen LogP contribution in [0.4, 0.5) is 0 Å². The van der Waals surface area contributed by atoms with E-state index in [1.165, 1.54) is 0 Å². The number of imidazole rings is 1. The molecule has 1 N–H and O–H groups in total. The second-order valence-electron chi connectivity index (χ2n) is 3.96. The normalized spacial score (nSPS) is 16.6. The average molecular weight is 238 g/mol. The lowest BCUT2D eigenvalue weighted by molar-refractivity contribution is -0.00589. The van der Waals surface area contributed by atoms with Crippen LogP contribution in [0.15, 0.2) is 24.5 Å². The zero-order valence-electron chi connectivity index (χ0n) is 8.69. The molecule has 1 saturated heterocycles. The van der Waals surface area contributed by atoms with E-state index in [2.05, 4.69) is 10.3 Å². The highest BCUT2D eigenvalue weighted by atomic mass is 35.5. The second-order valence-corrected chi connectivity index (χ2v) is 4.40. The largest absolute Gasteiger partial charge is 0.378 e. The van der Waals surface area contributed by atoms with Crippen LogP contribution in [0.3, 0.4) is 0 Å². The minimum Gasteiger partial charge on any atom is -0.378 e. The van der Waals surface area contributed by atoms with E-state index < -0.39 is 0 Å². The monoisotopic (exact) mass is 237 g/mol. The Morgan fingerprint density at radius 3 is 3.06 bits per heavy atom. The molecule has 0 atom stereocenters. The van der Waals surface area contributed by atoms with Crippen LogP contribution < -0.4 is 5.32 Å². The van der Waals surface area contributed by atoms with E-state index in [1.54, 1.807) is 0 Å². The van der Waals surface area contributed by atoms with Gasteiger partial charge in [0.1, 0.15) is 5.65 Å². The Hall–Kier alpha value is -1.10. The first kappa shape index (κ1) is 10.1. The van der Waals surface area contributed by atoms with Crippen LogP contribution in [0, 0.1) is 0 Å². The molecule has 0 amide bonds. The first-order chi connectivity index (χ1) is 7.81. The van der Waals surface area contributed by atoms with E-state index in [9.17, 15) is 0 Å². The SMILES string of the molecule is Clc1ccc2nc(CNC3COC3)cn2c1. The smallest absolute Gasteiger partial charge is 0.137 e. The van der Waals surface area contributed by atoms with Crippen molar-refractivity contribution in [1.29, 1.82) is 0 Å². The maximum Gasteiger partial charge on any atom is 0.137 e. The van der Waals surface area contributed by atoms with Crippen molar-refractivity contribution in [3.63, 3.8) is 0 Å². The van der Waals surface area contributed by atoms with Gasteiger partial charge in [0.25, 0.3) is 0 Å². The number of nitrogens with one attached hydrogen (secondary N) is 1. The number of nitrogens with zero attached hydrogens (tertiary/aromatic N) is 2.